The Hall–Kier alpha value is -4.18. The maximum atomic E-state index is 12.3. The van der Waals surface area contributed by atoms with Crippen LogP contribution in [0.1, 0.15) is 23.9 Å². The van der Waals surface area contributed by atoms with Gasteiger partial charge in [0.2, 0.25) is 0 Å². The fourth-order valence-corrected chi connectivity index (χ4v) is 5.28. The molecular weight excluding hydrogens is 514 g/mol. The van der Waals surface area contributed by atoms with Crippen LogP contribution in [0.2, 0.25) is 0 Å². The van der Waals surface area contributed by atoms with Gasteiger partial charge in [0.1, 0.15) is 16.4 Å². The molecule has 2 aromatic carbocycles. The molecule has 39 heavy (non-hydrogen) atoms. The number of benzene rings is 2. The van der Waals surface area contributed by atoms with Gasteiger partial charge in [-0.1, -0.05) is 0 Å². The molecule has 2 aromatic heterocycles. The first-order valence-electron chi connectivity index (χ1n) is 12.4. The van der Waals surface area contributed by atoms with Gasteiger partial charge in [-0.3, -0.25) is 0 Å². The molecule has 2 heterocycles. The van der Waals surface area contributed by atoms with Gasteiger partial charge in [0.15, 0.2) is 11.0 Å². The standard InChI is InChI=1S/C29H33N5O4S/c1-8-33-27(21-14-24(37-6)17-25(15-21)38-7)30-31-29(33)39-26(28(35)36)16-20-13-18(2)34(19(20)3)23-11-9-22(10-12-23)32(4)5/h9-17H,8H2,1-7H3,(H,35,36)/b26-16+. The minimum absolute atomic E-state index is 0.148. The highest BCUT2D eigenvalue weighted by molar-refractivity contribution is 8.04. The van der Waals surface area contributed by atoms with Gasteiger partial charge in [0.05, 0.1) is 14.2 Å². The molecule has 0 amide bonds. The number of carboxylic acid groups (broad SMARTS) is 1. The molecule has 10 heteroatoms. The van der Waals surface area contributed by atoms with E-state index in [1.807, 2.05) is 57.6 Å². The van der Waals surface area contributed by atoms with E-state index in [0.717, 1.165) is 45.7 Å². The molecule has 0 saturated carbocycles. The number of hydrogen-bond acceptors (Lipinski definition) is 7. The number of methoxy groups -OCH3 is 2. The molecule has 0 aliphatic carbocycles. The van der Waals surface area contributed by atoms with Crippen LogP contribution in [0.5, 0.6) is 11.5 Å². The van der Waals surface area contributed by atoms with Gasteiger partial charge in [0, 0.05) is 55.0 Å². The van der Waals surface area contributed by atoms with E-state index in [1.54, 1.807) is 26.4 Å². The number of aromatic nitrogens is 4. The van der Waals surface area contributed by atoms with Crippen molar-refractivity contribution in [1.29, 1.82) is 0 Å². The minimum atomic E-state index is -1.03. The Morgan fingerprint density at radius 2 is 1.67 bits per heavy atom. The lowest BCUT2D eigenvalue weighted by atomic mass is 10.2. The zero-order valence-electron chi connectivity index (χ0n) is 23.2. The minimum Gasteiger partial charge on any atom is -0.497 e. The summed E-state index contributed by atoms with van der Waals surface area (Å²) in [7, 11) is 7.18. The average Bonchev–Trinajstić information content (AvgIpc) is 3.46. The number of aryl methyl sites for hydroxylation is 1. The predicted molar refractivity (Wildman–Crippen MR) is 155 cm³/mol. The summed E-state index contributed by atoms with van der Waals surface area (Å²) in [5.74, 6) is 0.820. The van der Waals surface area contributed by atoms with Crippen molar-refractivity contribution in [2.45, 2.75) is 32.5 Å². The Morgan fingerprint density at radius 3 is 2.21 bits per heavy atom. The van der Waals surface area contributed by atoms with Crippen LogP contribution in [0.3, 0.4) is 0 Å². The average molecular weight is 548 g/mol. The largest absolute Gasteiger partial charge is 0.497 e. The summed E-state index contributed by atoms with van der Waals surface area (Å²) in [5, 5.41) is 19.3. The van der Waals surface area contributed by atoms with Gasteiger partial charge in [-0.05, 0) is 86.6 Å². The number of anilines is 1. The molecule has 0 bridgehead atoms. The molecular formula is C29H33N5O4S. The number of rotatable bonds is 10. The Morgan fingerprint density at radius 1 is 1.03 bits per heavy atom. The normalized spacial score (nSPS) is 11.5. The van der Waals surface area contributed by atoms with E-state index in [0.29, 0.717) is 29.0 Å². The predicted octanol–water partition coefficient (Wildman–Crippen LogP) is 5.67. The zero-order valence-corrected chi connectivity index (χ0v) is 24.0. The van der Waals surface area contributed by atoms with E-state index in [9.17, 15) is 9.90 Å². The molecule has 0 fully saturated rings. The highest BCUT2D eigenvalue weighted by Gasteiger charge is 2.20. The molecule has 4 rings (SSSR count). The Balaban J connectivity index is 1.70. The summed E-state index contributed by atoms with van der Waals surface area (Å²) in [5.41, 5.74) is 5.68. The van der Waals surface area contributed by atoms with Crippen LogP contribution < -0.4 is 14.4 Å². The molecule has 0 atom stereocenters. The van der Waals surface area contributed by atoms with Crippen molar-refractivity contribution in [3.05, 3.63) is 70.4 Å². The summed E-state index contributed by atoms with van der Waals surface area (Å²) in [6.07, 6.45) is 1.70. The monoisotopic (exact) mass is 547 g/mol. The van der Waals surface area contributed by atoms with Gasteiger partial charge in [-0.25, -0.2) is 4.79 Å². The van der Waals surface area contributed by atoms with Gasteiger partial charge in [-0.15, -0.1) is 10.2 Å². The van der Waals surface area contributed by atoms with Crippen molar-refractivity contribution >= 4 is 29.5 Å². The summed E-state index contributed by atoms with van der Waals surface area (Å²) in [4.78, 5) is 14.5. The third kappa shape index (κ3) is 5.80. The smallest absolute Gasteiger partial charge is 0.342 e. The molecule has 0 unspecified atom stereocenters. The van der Waals surface area contributed by atoms with E-state index in [-0.39, 0.29) is 4.91 Å². The second-order valence-electron chi connectivity index (χ2n) is 9.14. The van der Waals surface area contributed by atoms with Gasteiger partial charge in [0.25, 0.3) is 0 Å². The maximum absolute atomic E-state index is 12.3. The quantitative estimate of drug-likeness (QED) is 0.200. The maximum Gasteiger partial charge on any atom is 0.342 e. The lowest BCUT2D eigenvalue weighted by Crippen LogP contribution is -2.08. The van der Waals surface area contributed by atoms with E-state index in [1.165, 1.54) is 0 Å². The van der Waals surface area contributed by atoms with E-state index < -0.39 is 5.97 Å². The van der Waals surface area contributed by atoms with Crippen molar-refractivity contribution in [2.24, 2.45) is 0 Å². The lowest BCUT2D eigenvalue weighted by molar-refractivity contribution is -0.131. The second kappa shape index (κ2) is 11.7. The van der Waals surface area contributed by atoms with E-state index in [4.69, 9.17) is 9.47 Å². The van der Waals surface area contributed by atoms with Crippen molar-refractivity contribution in [3.63, 3.8) is 0 Å². The number of ether oxygens (including phenoxy) is 2. The van der Waals surface area contributed by atoms with Crippen LogP contribution in [-0.2, 0) is 11.3 Å². The first-order valence-corrected chi connectivity index (χ1v) is 13.2. The van der Waals surface area contributed by atoms with Crippen LogP contribution >= 0.6 is 11.8 Å². The van der Waals surface area contributed by atoms with Crippen LogP contribution in [0.25, 0.3) is 23.2 Å². The fourth-order valence-electron chi connectivity index (χ4n) is 4.40. The Labute approximate surface area is 232 Å². The molecule has 0 aliphatic rings. The number of thioether (sulfide) groups is 1. The lowest BCUT2D eigenvalue weighted by Gasteiger charge is -2.15. The summed E-state index contributed by atoms with van der Waals surface area (Å²) in [6, 6.07) is 15.7. The third-order valence-electron chi connectivity index (χ3n) is 6.44. The number of carboxylic acids is 1. The van der Waals surface area contributed by atoms with Crippen LogP contribution in [0.4, 0.5) is 5.69 Å². The number of carbonyl (C=O) groups is 1. The van der Waals surface area contributed by atoms with Crippen molar-refractivity contribution in [2.75, 3.05) is 33.2 Å². The number of hydrogen-bond donors (Lipinski definition) is 1. The number of aliphatic carboxylic acids is 1. The van der Waals surface area contributed by atoms with Crippen molar-refractivity contribution in [3.8, 4) is 28.6 Å². The molecule has 1 N–H and O–H groups in total. The first-order chi connectivity index (χ1) is 18.7. The molecule has 4 aromatic rings. The molecule has 9 nitrogen and oxygen atoms in total. The first kappa shape index (κ1) is 27.8. The van der Waals surface area contributed by atoms with Crippen molar-refractivity contribution in [1.82, 2.24) is 19.3 Å². The van der Waals surface area contributed by atoms with E-state index >= 15 is 0 Å². The van der Waals surface area contributed by atoms with Gasteiger partial charge in [-0.2, -0.15) is 0 Å². The fraction of sp³-hybridized carbons (Fsp3) is 0.276. The van der Waals surface area contributed by atoms with Crippen molar-refractivity contribution < 1.29 is 19.4 Å². The van der Waals surface area contributed by atoms with Crippen LogP contribution in [-0.4, -0.2) is 58.7 Å². The summed E-state index contributed by atoms with van der Waals surface area (Å²) >= 11 is 1.08. The second-order valence-corrected chi connectivity index (χ2v) is 10.1. The zero-order chi connectivity index (χ0) is 28.3. The molecule has 0 radical (unpaired) electrons. The summed E-state index contributed by atoms with van der Waals surface area (Å²) in [6.45, 7) is 6.52. The highest BCUT2D eigenvalue weighted by atomic mass is 32.2. The molecule has 0 saturated heterocycles. The van der Waals surface area contributed by atoms with E-state index in [2.05, 4.69) is 43.9 Å². The van der Waals surface area contributed by atoms with Crippen LogP contribution in [0.15, 0.2) is 58.6 Å². The number of nitrogens with zero attached hydrogens (tertiary/aromatic N) is 5. The van der Waals surface area contributed by atoms with Crippen LogP contribution in [0, 0.1) is 13.8 Å². The summed E-state index contributed by atoms with van der Waals surface area (Å²) < 4.78 is 14.8. The molecule has 204 valence electrons. The molecule has 0 aliphatic heterocycles. The highest BCUT2D eigenvalue weighted by Crippen LogP contribution is 2.34. The van der Waals surface area contributed by atoms with Gasteiger partial charge < -0.3 is 28.6 Å². The van der Waals surface area contributed by atoms with Gasteiger partial charge >= 0.3 is 5.97 Å². The molecule has 0 spiro atoms. The Kier molecular flexibility index (Phi) is 8.35. The topological polar surface area (TPSA) is 94.6 Å². The SMILES string of the molecule is CCn1c(S/C(=C/c2cc(C)n(-c3ccc(N(C)C)cc3)c2C)C(=O)O)nnc1-c1cc(OC)cc(OC)c1. The third-order valence-corrected chi connectivity index (χ3v) is 7.43. The Bertz CT molecular complexity index is 1500.